The molecule has 1 aromatic rings. The maximum Gasteiger partial charge on any atom is 0.222 e. The standard InChI is InChI=1S/C15H20ClNO2/c1-4-14(18)17-9-13(19-10-15(17,2)3)11-6-5-7-12(16)8-11/h5-8,13H,4,9-10H2,1-3H3. The van der Waals surface area contributed by atoms with Crippen molar-refractivity contribution < 1.29 is 9.53 Å². The number of nitrogens with zero attached hydrogens (tertiary/aromatic N) is 1. The van der Waals surface area contributed by atoms with Crippen LogP contribution in [0.4, 0.5) is 0 Å². The predicted molar refractivity (Wildman–Crippen MR) is 76.2 cm³/mol. The molecule has 1 amide bonds. The van der Waals surface area contributed by atoms with Crippen LogP contribution in [0.15, 0.2) is 24.3 Å². The number of ether oxygens (including phenoxy) is 1. The molecule has 0 radical (unpaired) electrons. The van der Waals surface area contributed by atoms with Crippen LogP contribution in [0, 0.1) is 0 Å². The minimum Gasteiger partial charge on any atom is -0.369 e. The average molecular weight is 282 g/mol. The molecule has 1 heterocycles. The number of morpholine rings is 1. The van der Waals surface area contributed by atoms with Crippen molar-refractivity contribution in [2.45, 2.75) is 38.8 Å². The lowest BCUT2D eigenvalue weighted by Crippen LogP contribution is -2.56. The van der Waals surface area contributed by atoms with E-state index in [-0.39, 0.29) is 17.6 Å². The summed E-state index contributed by atoms with van der Waals surface area (Å²) >= 11 is 6.01. The van der Waals surface area contributed by atoms with Crippen molar-refractivity contribution in [1.29, 1.82) is 0 Å². The molecule has 0 spiro atoms. The molecule has 0 bridgehead atoms. The molecule has 1 aliphatic heterocycles. The Kier molecular flexibility index (Phi) is 4.16. The number of benzene rings is 1. The lowest BCUT2D eigenvalue weighted by molar-refractivity contribution is -0.154. The summed E-state index contributed by atoms with van der Waals surface area (Å²) in [4.78, 5) is 14.0. The van der Waals surface area contributed by atoms with Crippen LogP contribution in [0.1, 0.15) is 38.9 Å². The molecule has 1 aliphatic rings. The van der Waals surface area contributed by atoms with Gasteiger partial charge in [-0.3, -0.25) is 4.79 Å². The van der Waals surface area contributed by atoms with Crippen molar-refractivity contribution >= 4 is 17.5 Å². The number of hydrogen-bond acceptors (Lipinski definition) is 2. The first-order valence-electron chi connectivity index (χ1n) is 6.61. The van der Waals surface area contributed by atoms with Crippen LogP contribution in [0.3, 0.4) is 0 Å². The Morgan fingerprint density at radius 1 is 1.53 bits per heavy atom. The summed E-state index contributed by atoms with van der Waals surface area (Å²) in [5.74, 6) is 0.167. The Bertz CT molecular complexity index is 473. The van der Waals surface area contributed by atoms with Gasteiger partial charge in [0.2, 0.25) is 5.91 Å². The van der Waals surface area contributed by atoms with Crippen LogP contribution in [0.2, 0.25) is 5.02 Å². The van der Waals surface area contributed by atoms with Crippen LogP contribution >= 0.6 is 11.6 Å². The van der Waals surface area contributed by atoms with E-state index in [1.165, 1.54) is 0 Å². The number of hydrogen-bond donors (Lipinski definition) is 0. The van der Waals surface area contributed by atoms with Crippen molar-refractivity contribution in [3.05, 3.63) is 34.9 Å². The maximum atomic E-state index is 12.1. The third-order valence-corrected chi connectivity index (χ3v) is 3.78. The second kappa shape index (κ2) is 5.51. The minimum atomic E-state index is -0.248. The largest absolute Gasteiger partial charge is 0.369 e. The zero-order valence-corrected chi connectivity index (χ0v) is 12.4. The lowest BCUT2D eigenvalue weighted by atomic mass is 9.97. The second-order valence-corrected chi connectivity index (χ2v) is 5.96. The summed E-state index contributed by atoms with van der Waals surface area (Å²) in [7, 11) is 0. The molecule has 1 aromatic carbocycles. The SMILES string of the molecule is CCC(=O)N1CC(c2cccc(Cl)c2)OCC1(C)C. The van der Waals surface area contributed by atoms with Gasteiger partial charge >= 0.3 is 0 Å². The van der Waals surface area contributed by atoms with Crippen molar-refractivity contribution in [2.24, 2.45) is 0 Å². The second-order valence-electron chi connectivity index (χ2n) is 5.52. The van der Waals surface area contributed by atoms with Crippen LogP contribution in [-0.2, 0) is 9.53 Å². The van der Waals surface area contributed by atoms with Gasteiger partial charge in [0.05, 0.1) is 18.7 Å². The van der Waals surface area contributed by atoms with Crippen molar-refractivity contribution in [3.63, 3.8) is 0 Å². The van der Waals surface area contributed by atoms with Crippen molar-refractivity contribution in [3.8, 4) is 0 Å². The van der Waals surface area contributed by atoms with Gasteiger partial charge in [-0.1, -0.05) is 30.7 Å². The first-order chi connectivity index (χ1) is 8.94. The fourth-order valence-electron chi connectivity index (χ4n) is 2.39. The quantitative estimate of drug-likeness (QED) is 0.831. The van der Waals surface area contributed by atoms with E-state index >= 15 is 0 Å². The molecule has 1 unspecified atom stereocenters. The Hall–Kier alpha value is -1.06. The fraction of sp³-hybridized carbons (Fsp3) is 0.533. The summed E-state index contributed by atoms with van der Waals surface area (Å²) in [6.07, 6.45) is 0.424. The summed E-state index contributed by atoms with van der Waals surface area (Å²) < 4.78 is 5.91. The smallest absolute Gasteiger partial charge is 0.222 e. The summed E-state index contributed by atoms with van der Waals surface area (Å²) in [6, 6.07) is 7.64. The lowest BCUT2D eigenvalue weighted by Gasteiger charge is -2.45. The molecule has 3 nitrogen and oxygen atoms in total. The normalized spacial score (nSPS) is 22.3. The van der Waals surface area contributed by atoms with E-state index in [1.54, 1.807) is 0 Å². The third-order valence-electron chi connectivity index (χ3n) is 3.54. The predicted octanol–water partition coefficient (Wildman–Crippen LogP) is 3.43. The van der Waals surface area contributed by atoms with Crippen LogP contribution < -0.4 is 0 Å². The van der Waals surface area contributed by atoms with E-state index in [4.69, 9.17) is 16.3 Å². The van der Waals surface area contributed by atoms with Crippen molar-refractivity contribution in [1.82, 2.24) is 4.90 Å². The molecular formula is C15H20ClNO2. The Labute approximate surface area is 119 Å². The van der Waals surface area contributed by atoms with E-state index in [0.29, 0.717) is 24.6 Å². The van der Waals surface area contributed by atoms with Crippen LogP contribution in [0.25, 0.3) is 0 Å². The zero-order valence-electron chi connectivity index (χ0n) is 11.6. The van der Waals surface area contributed by atoms with Crippen molar-refractivity contribution in [2.75, 3.05) is 13.2 Å². The topological polar surface area (TPSA) is 29.5 Å². The monoisotopic (exact) mass is 281 g/mol. The highest BCUT2D eigenvalue weighted by Crippen LogP contribution is 2.31. The summed E-state index contributed by atoms with van der Waals surface area (Å²) in [5, 5.41) is 0.694. The molecule has 1 atom stereocenters. The van der Waals surface area contributed by atoms with Crippen LogP contribution in [-0.4, -0.2) is 29.5 Å². The van der Waals surface area contributed by atoms with Gasteiger partial charge in [-0.2, -0.15) is 0 Å². The van der Waals surface area contributed by atoms with E-state index < -0.39 is 0 Å². The summed E-state index contributed by atoms with van der Waals surface area (Å²) in [6.45, 7) is 7.09. The van der Waals surface area contributed by atoms with Gasteiger partial charge < -0.3 is 9.64 Å². The Morgan fingerprint density at radius 2 is 2.26 bits per heavy atom. The molecular weight excluding hydrogens is 262 g/mol. The Balaban J connectivity index is 2.20. The highest BCUT2D eigenvalue weighted by atomic mass is 35.5. The molecule has 0 saturated carbocycles. The molecule has 0 aromatic heterocycles. The highest BCUT2D eigenvalue weighted by molar-refractivity contribution is 6.30. The van der Waals surface area contributed by atoms with Gasteiger partial charge in [-0.15, -0.1) is 0 Å². The van der Waals surface area contributed by atoms with E-state index in [9.17, 15) is 4.79 Å². The van der Waals surface area contributed by atoms with Gasteiger partial charge in [0.15, 0.2) is 0 Å². The molecule has 0 N–H and O–H groups in total. The molecule has 19 heavy (non-hydrogen) atoms. The number of halogens is 1. The molecule has 4 heteroatoms. The van der Waals surface area contributed by atoms with E-state index in [1.807, 2.05) is 49.9 Å². The van der Waals surface area contributed by atoms with E-state index in [0.717, 1.165) is 5.56 Å². The molecule has 1 fully saturated rings. The first-order valence-corrected chi connectivity index (χ1v) is 6.99. The highest BCUT2D eigenvalue weighted by Gasteiger charge is 2.37. The molecule has 104 valence electrons. The van der Waals surface area contributed by atoms with E-state index in [2.05, 4.69) is 0 Å². The number of carbonyl (C=O) groups is 1. The molecule has 2 rings (SSSR count). The molecule has 1 saturated heterocycles. The first kappa shape index (κ1) is 14.4. The van der Waals surface area contributed by atoms with Gasteiger partial charge in [0.1, 0.15) is 6.10 Å². The summed E-state index contributed by atoms with van der Waals surface area (Å²) in [5.41, 5.74) is 0.777. The fourth-order valence-corrected chi connectivity index (χ4v) is 2.59. The van der Waals surface area contributed by atoms with Gasteiger partial charge in [-0.25, -0.2) is 0 Å². The third kappa shape index (κ3) is 3.10. The number of carbonyl (C=O) groups excluding carboxylic acids is 1. The zero-order chi connectivity index (χ0) is 14.0. The Morgan fingerprint density at radius 3 is 2.89 bits per heavy atom. The van der Waals surface area contributed by atoms with Gasteiger partial charge in [0.25, 0.3) is 0 Å². The van der Waals surface area contributed by atoms with Crippen LogP contribution in [0.5, 0.6) is 0 Å². The average Bonchev–Trinajstić information content (AvgIpc) is 2.37. The maximum absolute atomic E-state index is 12.1. The number of amides is 1. The number of rotatable bonds is 2. The minimum absolute atomic E-state index is 0.0952. The van der Waals surface area contributed by atoms with Gasteiger partial charge in [0, 0.05) is 11.4 Å². The molecule has 0 aliphatic carbocycles. The van der Waals surface area contributed by atoms with Gasteiger partial charge in [-0.05, 0) is 31.5 Å².